The van der Waals surface area contributed by atoms with E-state index in [1.165, 1.54) is 6.92 Å². The van der Waals surface area contributed by atoms with Crippen molar-refractivity contribution in [2.24, 2.45) is 5.73 Å². The molecule has 21 heavy (non-hydrogen) atoms. The maximum atomic E-state index is 11.9. The molecule has 1 rings (SSSR count). The Balaban J connectivity index is 2.49. The van der Waals surface area contributed by atoms with Crippen LogP contribution in [0.1, 0.15) is 12.5 Å². The number of ether oxygens (including phenoxy) is 1. The molecule has 0 aliphatic carbocycles. The average molecular weight is 296 g/mol. The second-order valence-corrected chi connectivity index (χ2v) is 4.69. The number of hydrogen-bond donors (Lipinski definition) is 4. The summed E-state index contributed by atoms with van der Waals surface area (Å²) in [6.07, 6.45) is -0.794. The van der Waals surface area contributed by atoms with Crippen LogP contribution >= 0.6 is 0 Å². The minimum atomic E-state index is -2.06. The smallest absolute Gasteiger partial charge is 0.408 e. The topological polar surface area (TPSA) is 122 Å². The average Bonchev–Trinajstić information content (AvgIpc) is 2.52. The highest BCUT2D eigenvalue weighted by Crippen LogP contribution is 2.07. The quantitative estimate of drug-likeness (QED) is 0.541. The van der Waals surface area contributed by atoms with Crippen LogP contribution in [0.5, 0.6) is 0 Å². The van der Waals surface area contributed by atoms with E-state index in [1.807, 2.05) is 18.2 Å². The first-order valence-corrected chi connectivity index (χ1v) is 6.48. The summed E-state index contributed by atoms with van der Waals surface area (Å²) in [6, 6.07) is 8.01. The highest BCUT2D eigenvalue weighted by Gasteiger charge is 2.37. The maximum absolute atomic E-state index is 11.9. The van der Waals surface area contributed by atoms with Crippen LogP contribution in [0.25, 0.3) is 0 Å². The van der Waals surface area contributed by atoms with E-state index in [2.05, 4.69) is 5.32 Å². The van der Waals surface area contributed by atoms with Crippen molar-refractivity contribution in [2.45, 2.75) is 25.2 Å². The van der Waals surface area contributed by atoms with Gasteiger partial charge >= 0.3 is 6.09 Å². The van der Waals surface area contributed by atoms with Gasteiger partial charge in [0.2, 0.25) is 0 Å². The fourth-order valence-corrected chi connectivity index (χ4v) is 1.65. The molecule has 1 aromatic carbocycles. The van der Waals surface area contributed by atoms with Crippen molar-refractivity contribution in [3.63, 3.8) is 0 Å². The molecule has 1 unspecified atom stereocenters. The Morgan fingerprint density at radius 1 is 1.38 bits per heavy atom. The molecule has 0 aliphatic rings. The zero-order chi connectivity index (χ0) is 15.9. The fourth-order valence-electron chi connectivity index (χ4n) is 1.65. The van der Waals surface area contributed by atoms with Crippen LogP contribution in [0.15, 0.2) is 30.3 Å². The van der Waals surface area contributed by atoms with E-state index in [0.29, 0.717) is 0 Å². The van der Waals surface area contributed by atoms with Gasteiger partial charge in [-0.3, -0.25) is 4.79 Å². The third-order valence-corrected chi connectivity index (χ3v) is 3.00. The molecule has 0 aromatic heterocycles. The molecule has 0 bridgehead atoms. The number of hydrogen-bond acceptors (Lipinski definition) is 6. The third-order valence-electron chi connectivity index (χ3n) is 3.00. The van der Waals surface area contributed by atoms with Crippen molar-refractivity contribution in [1.82, 2.24) is 5.32 Å². The van der Waals surface area contributed by atoms with Gasteiger partial charge in [0.25, 0.3) is 0 Å². The molecule has 0 fully saturated rings. The van der Waals surface area contributed by atoms with Crippen molar-refractivity contribution < 1.29 is 24.5 Å². The number of rotatable bonds is 7. The molecule has 0 heterocycles. The molecule has 0 spiro atoms. The first kappa shape index (κ1) is 17.1. The molecular formula is C14H20N2O5. The first-order valence-electron chi connectivity index (χ1n) is 6.48. The van der Waals surface area contributed by atoms with E-state index in [1.54, 1.807) is 12.1 Å². The molecule has 0 aliphatic heterocycles. The van der Waals surface area contributed by atoms with Crippen LogP contribution in [0.3, 0.4) is 0 Å². The van der Waals surface area contributed by atoms with Crippen molar-refractivity contribution in [1.29, 1.82) is 0 Å². The van der Waals surface area contributed by atoms with Gasteiger partial charge in [0, 0.05) is 6.54 Å². The molecule has 1 amide bonds. The Morgan fingerprint density at radius 3 is 2.52 bits per heavy atom. The number of amides is 1. The number of aliphatic hydroxyl groups excluding tert-OH is 1. The van der Waals surface area contributed by atoms with E-state index in [4.69, 9.17) is 15.6 Å². The number of Topliss-reactive ketones (excluding diaryl/α,β-unsaturated/α-hetero) is 1. The van der Waals surface area contributed by atoms with Gasteiger partial charge in [0.1, 0.15) is 6.61 Å². The summed E-state index contributed by atoms with van der Waals surface area (Å²) in [4.78, 5) is 23.5. The molecule has 1 aromatic rings. The second-order valence-electron chi connectivity index (χ2n) is 4.69. The highest BCUT2D eigenvalue weighted by molar-refractivity contribution is 5.94. The second kappa shape index (κ2) is 7.72. The third kappa shape index (κ3) is 4.82. The Bertz CT molecular complexity index is 474. The standard InChI is InChI=1S/C14H20N2O5/c1-10(12(18)14(20,8-15)9-17)16-13(19)21-7-11-5-3-2-4-6-11/h2-6,10,17,20H,7-9,15H2,1H3,(H,16,19)/t10-,14?/m0/s1. The molecule has 5 N–H and O–H groups in total. The summed E-state index contributed by atoms with van der Waals surface area (Å²) in [5.41, 5.74) is 3.99. The molecule has 0 saturated carbocycles. The zero-order valence-corrected chi connectivity index (χ0v) is 11.8. The monoisotopic (exact) mass is 296 g/mol. The summed E-state index contributed by atoms with van der Waals surface area (Å²) < 4.78 is 4.95. The van der Waals surface area contributed by atoms with E-state index >= 15 is 0 Å². The summed E-state index contributed by atoms with van der Waals surface area (Å²) in [5, 5.41) is 21.1. The van der Waals surface area contributed by atoms with Gasteiger partial charge in [-0.1, -0.05) is 30.3 Å². The Kier molecular flexibility index (Phi) is 6.29. The first-order chi connectivity index (χ1) is 9.92. The van der Waals surface area contributed by atoms with Crippen LogP contribution in [-0.2, 0) is 16.1 Å². The lowest BCUT2D eigenvalue weighted by Gasteiger charge is -2.25. The number of ketones is 1. The van der Waals surface area contributed by atoms with Gasteiger partial charge in [-0.25, -0.2) is 4.79 Å². The van der Waals surface area contributed by atoms with Crippen LogP contribution in [0.2, 0.25) is 0 Å². The maximum Gasteiger partial charge on any atom is 0.408 e. The van der Waals surface area contributed by atoms with Gasteiger partial charge in [-0.05, 0) is 12.5 Å². The summed E-state index contributed by atoms with van der Waals surface area (Å²) >= 11 is 0. The lowest BCUT2D eigenvalue weighted by molar-refractivity contribution is -0.142. The highest BCUT2D eigenvalue weighted by atomic mass is 16.5. The van der Waals surface area contributed by atoms with Crippen LogP contribution < -0.4 is 11.1 Å². The Labute approximate surface area is 122 Å². The normalized spacial score (nSPS) is 14.9. The molecule has 7 heteroatoms. The van der Waals surface area contributed by atoms with Gasteiger partial charge in [-0.15, -0.1) is 0 Å². The molecule has 2 atom stereocenters. The predicted octanol–water partition coefficient (Wildman–Crippen LogP) is -0.447. The molecule has 0 saturated heterocycles. The van der Waals surface area contributed by atoms with Gasteiger partial charge in [-0.2, -0.15) is 0 Å². The minimum Gasteiger partial charge on any atom is -0.445 e. The van der Waals surface area contributed by atoms with Crippen molar-refractivity contribution in [3.05, 3.63) is 35.9 Å². The predicted molar refractivity (Wildman–Crippen MR) is 75.3 cm³/mol. The Morgan fingerprint density at radius 2 is 2.00 bits per heavy atom. The van der Waals surface area contributed by atoms with E-state index in [0.717, 1.165) is 5.56 Å². The zero-order valence-electron chi connectivity index (χ0n) is 11.8. The number of nitrogens with one attached hydrogen (secondary N) is 1. The largest absolute Gasteiger partial charge is 0.445 e. The van der Waals surface area contributed by atoms with E-state index in [9.17, 15) is 14.7 Å². The summed E-state index contributed by atoms with van der Waals surface area (Å²) in [5.74, 6) is -0.774. The number of carbonyl (C=O) groups is 2. The SMILES string of the molecule is C[C@H](NC(=O)OCc1ccccc1)C(=O)C(O)(CN)CO. The van der Waals surface area contributed by atoms with E-state index < -0.39 is 36.7 Å². The Hall–Kier alpha value is -1.96. The van der Waals surface area contributed by atoms with Crippen molar-refractivity contribution in [2.75, 3.05) is 13.2 Å². The van der Waals surface area contributed by atoms with E-state index in [-0.39, 0.29) is 6.61 Å². The minimum absolute atomic E-state index is 0.0642. The van der Waals surface area contributed by atoms with Crippen LogP contribution in [0.4, 0.5) is 4.79 Å². The number of aliphatic hydroxyl groups is 2. The lowest BCUT2D eigenvalue weighted by atomic mass is 9.95. The number of benzene rings is 1. The number of carbonyl (C=O) groups excluding carboxylic acids is 2. The summed E-state index contributed by atoms with van der Waals surface area (Å²) in [6.45, 7) is 0.192. The number of alkyl carbamates (subject to hydrolysis) is 1. The van der Waals surface area contributed by atoms with Crippen molar-refractivity contribution >= 4 is 11.9 Å². The van der Waals surface area contributed by atoms with Gasteiger partial charge in [0.15, 0.2) is 11.4 Å². The number of nitrogens with two attached hydrogens (primary N) is 1. The lowest BCUT2D eigenvalue weighted by Crippen LogP contribution is -2.56. The van der Waals surface area contributed by atoms with Gasteiger partial charge < -0.3 is 26.0 Å². The molecular weight excluding hydrogens is 276 g/mol. The van der Waals surface area contributed by atoms with Gasteiger partial charge in [0.05, 0.1) is 12.6 Å². The molecule has 7 nitrogen and oxygen atoms in total. The fraction of sp³-hybridized carbons (Fsp3) is 0.429. The molecule has 0 radical (unpaired) electrons. The molecule has 116 valence electrons. The van der Waals surface area contributed by atoms with Crippen LogP contribution in [-0.4, -0.2) is 46.9 Å². The van der Waals surface area contributed by atoms with Crippen LogP contribution in [0, 0.1) is 0 Å². The van der Waals surface area contributed by atoms with Crippen molar-refractivity contribution in [3.8, 4) is 0 Å². The summed E-state index contributed by atoms with van der Waals surface area (Å²) in [7, 11) is 0.